The highest BCUT2D eigenvalue weighted by Gasteiger charge is 2.21. The predicted molar refractivity (Wildman–Crippen MR) is 61.6 cm³/mol. The van der Waals surface area contributed by atoms with Gasteiger partial charge in [0.25, 0.3) is 0 Å². The second-order valence-electron chi connectivity index (χ2n) is 4.24. The first-order valence-corrected chi connectivity index (χ1v) is 5.56. The first kappa shape index (κ1) is 11.6. The molecule has 0 spiro atoms. The molecule has 0 aliphatic rings. The molecule has 3 nitrogen and oxygen atoms in total. The Kier molecular flexibility index (Phi) is 3.64. The molecule has 1 aromatic heterocycles. The fourth-order valence-corrected chi connectivity index (χ4v) is 2.23. The average Bonchev–Trinajstić information content (AvgIpc) is 2.52. The fraction of sp³-hybridized carbons (Fsp3) is 0.700. The van der Waals surface area contributed by atoms with Crippen LogP contribution < -0.4 is 5.32 Å². The van der Waals surface area contributed by atoms with Crippen LogP contribution in [0, 0.1) is 0 Å². The molecule has 0 aliphatic heterocycles. The summed E-state index contributed by atoms with van der Waals surface area (Å²) in [5.74, 6) is 0. The van der Waals surface area contributed by atoms with Crippen molar-refractivity contribution in [1.82, 2.24) is 15.2 Å². The van der Waals surface area contributed by atoms with Crippen LogP contribution >= 0.6 is 11.3 Å². The molecular formula is C10H19N3S. The zero-order valence-electron chi connectivity index (χ0n) is 9.59. The summed E-state index contributed by atoms with van der Waals surface area (Å²) in [5.41, 5.74) is -0.0186. The van der Waals surface area contributed by atoms with Gasteiger partial charge >= 0.3 is 0 Å². The second-order valence-corrected chi connectivity index (χ2v) is 5.36. The van der Waals surface area contributed by atoms with Gasteiger partial charge in [-0.05, 0) is 35.0 Å². The summed E-state index contributed by atoms with van der Waals surface area (Å²) in [6.45, 7) is 5.26. The Morgan fingerprint density at radius 3 is 2.64 bits per heavy atom. The van der Waals surface area contributed by atoms with Gasteiger partial charge in [-0.2, -0.15) is 0 Å². The minimum atomic E-state index is -0.0186. The largest absolute Gasteiger partial charge is 0.309 e. The smallest absolute Gasteiger partial charge is 0.112 e. The van der Waals surface area contributed by atoms with Gasteiger partial charge in [-0.25, -0.2) is 4.98 Å². The van der Waals surface area contributed by atoms with Gasteiger partial charge in [0, 0.05) is 17.6 Å². The SMILES string of the molecule is CNC(C)(C)c1ncc(CN(C)C)s1. The van der Waals surface area contributed by atoms with E-state index in [1.165, 1.54) is 4.88 Å². The highest BCUT2D eigenvalue weighted by molar-refractivity contribution is 7.11. The molecule has 0 fully saturated rings. The number of hydrogen-bond donors (Lipinski definition) is 1. The summed E-state index contributed by atoms with van der Waals surface area (Å²) in [7, 11) is 6.11. The van der Waals surface area contributed by atoms with Crippen molar-refractivity contribution in [3.05, 3.63) is 16.1 Å². The van der Waals surface area contributed by atoms with E-state index in [9.17, 15) is 0 Å². The van der Waals surface area contributed by atoms with Crippen molar-refractivity contribution in [3.63, 3.8) is 0 Å². The summed E-state index contributed by atoms with van der Waals surface area (Å²) in [6, 6.07) is 0. The lowest BCUT2D eigenvalue weighted by Gasteiger charge is -2.20. The molecule has 1 aromatic rings. The highest BCUT2D eigenvalue weighted by atomic mass is 32.1. The van der Waals surface area contributed by atoms with E-state index in [4.69, 9.17) is 0 Å². The molecule has 0 unspecified atom stereocenters. The van der Waals surface area contributed by atoms with Gasteiger partial charge in [-0.1, -0.05) is 0 Å². The van der Waals surface area contributed by atoms with Crippen molar-refractivity contribution in [2.75, 3.05) is 21.1 Å². The molecule has 14 heavy (non-hydrogen) atoms. The molecule has 80 valence electrons. The third-order valence-electron chi connectivity index (χ3n) is 2.19. The molecule has 0 saturated heterocycles. The van der Waals surface area contributed by atoms with E-state index in [2.05, 4.69) is 43.1 Å². The van der Waals surface area contributed by atoms with Crippen LogP contribution in [0.25, 0.3) is 0 Å². The number of nitrogens with one attached hydrogen (secondary N) is 1. The van der Waals surface area contributed by atoms with Gasteiger partial charge in [0.05, 0.1) is 5.54 Å². The van der Waals surface area contributed by atoms with Crippen LogP contribution in [-0.2, 0) is 12.1 Å². The van der Waals surface area contributed by atoms with Gasteiger partial charge < -0.3 is 10.2 Å². The maximum absolute atomic E-state index is 4.44. The van der Waals surface area contributed by atoms with Crippen molar-refractivity contribution in [2.45, 2.75) is 25.9 Å². The Morgan fingerprint density at radius 2 is 2.14 bits per heavy atom. The molecule has 0 atom stereocenters. The van der Waals surface area contributed by atoms with Crippen LogP contribution in [0.15, 0.2) is 6.20 Å². The number of nitrogens with zero attached hydrogens (tertiary/aromatic N) is 2. The topological polar surface area (TPSA) is 28.2 Å². The Balaban J connectivity index is 2.77. The van der Waals surface area contributed by atoms with E-state index in [-0.39, 0.29) is 5.54 Å². The number of aromatic nitrogens is 1. The van der Waals surface area contributed by atoms with Gasteiger partial charge in [0.1, 0.15) is 5.01 Å². The van der Waals surface area contributed by atoms with Crippen LogP contribution in [0.5, 0.6) is 0 Å². The molecule has 0 aromatic carbocycles. The zero-order chi connectivity index (χ0) is 10.8. The summed E-state index contributed by atoms with van der Waals surface area (Å²) in [6.07, 6.45) is 1.97. The average molecular weight is 213 g/mol. The molecule has 0 bridgehead atoms. The molecule has 1 heterocycles. The first-order chi connectivity index (χ1) is 6.45. The fourth-order valence-electron chi connectivity index (χ4n) is 1.09. The Bertz CT molecular complexity index is 291. The van der Waals surface area contributed by atoms with Crippen LogP contribution in [-0.4, -0.2) is 31.0 Å². The summed E-state index contributed by atoms with van der Waals surface area (Å²) in [4.78, 5) is 7.91. The molecule has 0 radical (unpaired) electrons. The molecular weight excluding hydrogens is 194 g/mol. The van der Waals surface area contributed by atoms with E-state index < -0.39 is 0 Å². The van der Waals surface area contributed by atoms with Crippen molar-refractivity contribution in [2.24, 2.45) is 0 Å². The third-order valence-corrected chi connectivity index (χ3v) is 3.49. The quantitative estimate of drug-likeness (QED) is 0.824. The highest BCUT2D eigenvalue weighted by Crippen LogP contribution is 2.25. The minimum absolute atomic E-state index is 0.0186. The number of rotatable bonds is 4. The van der Waals surface area contributed by atoms with E-state index in [1.54, 1.807) is 11.3 Å². The van der Waals surface area contributed by atoms with Gasteiger partial charge in [0.2, 0.25) is 0 Å². The summed E-state index contributed by atoms with van der Waals surface area (Å²) in [5, 5.41) is 4.41. The molecule has 1 N–H and O–H groups in total. The zero-order valence-corrected chi connectivity index (χ0v) is 10.4. The molecule has 0 saturated carbocycles. The number of hydrogen-bond acceptors (Lipinski definition) is 4. The van der Waals surface area contributed by atoms with E-state index in [0.717, 1.165) is 11.6 Å². The minimum Gasteiger partial charge on any atom is -0.309 e. The second kappa shape index (κ2) is 4.38. The van der Waals surface area contributed by atoms with Crippen molar-refractivity contribution in [3.8, 4) is 0 Å². The Labute approximate surface area is 90.2 Å². The normalized spacial score (nSPS) is 12.4. The number of thiazole rings is 1. The third kappa shape index (κ3) is 2.77. The predicted octanol–water partition coefficient (Wildman–Crippen LogP) is 1.66. The molecule has 0 aliphatic carbocycles. The first-order valence-electron chi connectivity index (χ1n) is 4.74. The summed E-state index contributed by atoms with van der Waals surface area (Å²) >= 11 is 1.78. The molecule has 4 heteroatoms. The van der Waals surface area contributed by atoms with Crippen LogP contribution in [0.1, 0.15) is 23.7 Å². The van der Waals surface area contributed by atoms with E-state index in [0.29, 0.717) is 0 Å². The summed E-state index contributed by atoms with van der Waals surface area (Å²) < 4.78 is 0. The van der Waals surface area contributed by atoms with Gasteiger partial charge in [-0.3, -0.25) is 0 Å². The van der Waals surface area contributed by atoms with Crippen LogP contribution in [0.2, 0.25) is 0 Å². The molecule has 0 amide bonds. The van der Waals surface area contributed by atoms with Gasteiger partial charge in [-0.15, -0.1) is 11.3 Å². The maximum Gasteiger partial charge on any atom is 0.112 e. The van der Waals surface area contributed by atoms with Crippen molar-refractivity contribution >= 4 is 11.3 Å². The maximum atomic E-state index is 4.44. The monoisotopic (exact) mass is 213 g/mol. The van der Waals surface area contributed by atoms with Crippen LogP contribution in [0.3, 0.4) is 0 Å². The van der Waals surface area contributed by atoms with Gasteiger partial charge in [0.15, 0.2) is 0 Å². The Morgan fingerprint density at radius 1 is 1.50 bits per heavy atom. The van der Waals surface area contributed by atoms with Crippen molar-refractivity contribution < 1.29 is 0 Å². The molecule has 1 rings (SSSR count). The lowest BCUT2D eigenvalue weighted by atomic mass is 10.1. The standard InChI is InChI=1S/C10H19N3S/c1-10(2,11-3)9-12-6-8(14-9)7-13(4)5/h6,11H,7H2,1-5H3. The van der Waals surface area contributed by atoms with Crippen molar-refractivity contribution in [1.29, 1.82) is 0 Å². The van der Waals surface area contributed by atoms with Crippen LogP contribution in [0.4, 0.5) is 0 Å². The lowest BCUT2D eigenvalue weighted by Crippen LogP contribution is -2.32. The Hall–Kier alpha value is -0.450. The van der Waals surface area contributed by atoms with E-state index in [1.807, 2.05) is 13.2 Å². The lowest BCUT2D eigenvalue weighted by molar-refractivity contribution is 0.406. The van der Waals surface area contributed by atoms with E-state index >= 15 is 0 Å².